The van der Waals surface area contributed by atoms with E-state index in [4.69, 9.17) is 16.3 Å². The minimum Gasteiger partial charge on any atom is -0.462 e. The number of hydrogen-bond donors (Lipinski definition) is 2. The maximum absolute atomic E-state index is 13.0. The van der Waals surface area contributed by atoms with E-state index in [0.717, 1.165) is 4.90 Å². The second-order valence-corrected chi connectivity index (χ2v) is 7.95. The average Bonchev–Trinajstić information content (AvgIpc) is 3.09. The molecule has 1 aliphatic heterocycles. The van der Waals surface area contributed by atoms with Crippen molar-refractivity contribution in [3.8, 4) is 0 Å². The van der Waals surface area contributed by atoms with Gasteiger partial charge in [-0.25, -0.2) is 14.1 Å². The highest BCUT2D eigenvalue weighted by Crippen LogP contribution is 2.30. The SMILES string of the molecule is CCOC(=O)c1cccc(N2C(=O)C(Cl)=C(Nc3ccc(C(=O)Nc4ccc(F)cc4)cc3)C2=O)c1. The van der Waals surface area contributed by atoms with Crippen LogP contribution in [0.2, 0.25) is 0 Å². The number of benzene rings is 3. The fraction of sp³-hybridized carbons (Fsp3) is 0.0769. The molecule has 0 saturated heterocycles. The maximum Gasteiger partial charge on any atom is 0.338 e. The normalized spacial score (nSPS) is 13.1. The quantitative estimate of drug-likeness (QED) is 0.355. The third-order valence-corrected chi connectivity index (χ3v) is 5.51. The van der Waals surface area contributed by atoms with Crippen LogP contribution in [0.1, 0.15) is 27.6 Å². The summed E-state index contributed by atoms with van der Waals surface area (Å²) in [5.41, 5.74) is 1.36. The van der Waals surface area contributed by atoms with Crippen LogP contribution in [0.4, 0.5) is 21.5 Å². The summed E-state index contributed by atoms with van der Waals surface area (Å²) in [5.74, 6) is -2.87. The number of rotatable bonds is 7. The van der Waals surface area contributed by atoms with Gasteiger partial charge in [0.25, 0.3) is 17.7 Å². The van der Waals surface area contributed by atoms with Gasteiger partial charge in [-0.2, -0.15) is 0 Å². The van der Waals surface area contributed by atoms with Gasteiger partial charge >= 0.3 is 5.97 Å². The summed E-state index contributed by atoms with van der Waals surface area (Å²) in [6.07, 6.45) is 0. The number of esters is 1. The van der Waals surface area contributed by atoms with E-state index in [1.165, 1.54) is 60.7 Å². The number of nitrogens with one attached hydrogen (secondary N) is 2. The molecule has 8 nitrogen and oxygen atoms in total. The van der Waals surface area contributed by atoms with Crippen molar-refractivity contribution in [1.82, 2.24) is 0 Å². The fourth-order valence-corrected chi connectivity index (χ4v) is 3.63. The fourth-order valence-electron chi connectivity index (χ4n) is 3.42. The van der Waals surface area contributed by atoms with E-state index in [2.05, 4.69) is 10.6 Å². The van der Waals surface area contributed by atoms with Crippen molar-refractivity contribution in [2.75, 3.05) is 22.1 Å². The number of halogens is 2. The van der Waals surface area contributed by atoms with Gasteiger partial charge in [0, 0.05) is 16.9 Å². The summed E-state index contributed by atoms with van der Waals surface area (Å²) in [5, 5.41) is 5.15. The number of ether oxygens (including phenoxy) is 1. The van der Waals surface area contributed by atoms with E-state index in [-0.39, 0.29) is 28.6 Å². The summed E-state index contributed by atoms with van der Waals surface area (Å²) in [6.45, 7) is 1.85. The standard InChI is InChI=1S/C26H19ClFN3O5/c1-2-36-26(35)16-4-3-5-20(14-16)31-24(33)21(27)22(25(31)34)29-18-10-6-15(7-11-18)23(32)30-19-12-8-17(28)9-13-19/h3-14,29H,2H2,1H3,(H,30,32). The molecule has 1 heterocycles. The van der Waals surface area contributed by atoms with Crippen molar-refractivity contribution in [3.05, 3.63) is 100 Å². The molecule has 10 heteroatoms. The second-order valence-electron chi connectivity index (χ2n) is 7.57. The highest BCUT2D eigenvalue weighted by Gasteiger charge is 2.39. The molecule has 0 bridgehead atoms. The van der Waals surface area contributed by atoms with Crippen LogP contribution in [0.3, 0.4) is 0 Å². The van der Waals surface area contributed by atoms with Gasteiger partial charge in [0.05, 0.1) is 17.9 Å². The number of amides is 3. The van der Waals surface area contributed by atoms with E-state index in [1.807, 2.05) is 0 Å². The van der Waals surface area contributed by atoms with E-state index >= 15 is 0 Å². The third kappa shape index (κ3) is 5.11. The average molecular weight is 508 g/mol. The van der Waals surface area contributed by atoms with Gasteiger partial charge in [-0.3, -0.25) is 14.4 Å². The van der Waals surface area contributed by atoms with Crippen molar-refractivity contribution in [1.29, 1.82) is 0 Å². The summed E-state index contributed by atoms with van der Waals surface area (Å²) < 4.78 is 18.0. The summed E-state index contributed by atoms with van der Waals surface area (Å²) in [4.78, 5) is 51.1. The Hall–Kier alpha value is -4.50. The lowest BCUT2D eigenvalue weighted by Crippen LogP contribution is -2.32. The van der Waals surface area contributed by atoms with E-state index < -0.39 is 29.5 Å². The molecule has 3 aromatic rings. The molecule has 3 amide bonds. The van der Waals surface area contributed by atoms with Gasteiger partial charge in [-0.15, -0.1) is 0 Å². The maximum atomic E-state index is 13.0. The zero-order chi connectivity index (χ0) is 25.8. The number of nitrogens with zero attached hydrogens (tertiary/aromatic N) is 1. The lowest BCUT2D eigenvalue weighted by atomic mass is 10.1. The molecule has 182 valence electrons. The molecule has 4 rings (SSSR count). The lowest BCUT2D eigenvalue weighted by molar-refractivity contribution is -0.120. The largest absolute Gasteiger partial charge is 0.462 e. The molecule has 0 fully saturated rings. The van der Waals surface area contributed by atoms with Crippen LogP contribution in [0, 0.1) is 5.82 Å². The number of carbonyl (C=O) groups is 4. The lowest BCUT2D eigenvalue weighted by Gasteiger charge is -2.16. The van der Waals surface area contributed by atoms with Crippen LogP contribution in [-0.2, 0) is 14.3 Å². The van der Waals surface area contributed by atoms with Crippen LogP contribution < -0.4 is 15.5 Å². The third-order valence-electron chi connectivity index (χ3n) is 5.16. The Balaban J connectivity index is 1.48. The van der Waals surface area contributed by atoms with E-state index in [9.17, 15) is 23.6 Å². The van der Waals surface area contributed by atoms with Gasteiger partial charge < -0.3 is 15.4 Å². The van der Waals surface area contributed by atoms with E-state index in [0.29, 0.717) is 16.9 Å². The first kappa shape index (κ1) is 24.6. The molecule has 0 aliphatic carbocycles. The predicted octanol–water partition coefficient (Wildman–Crippen LogP) is 4.69. The van der Waals surface area contributed by atoms with Crippen LogP contribution in [0.15, 0.2) is 83.5 Å². The minimum absolute atomic E-state index is 0.147. The van der Waals surface area contributed by atoms with Crippen molar-refractivity contribution in [2.45, 2.75) is 6.92 Å². The molecular formula is C26H19ClFN3O5. The van der Waals surface area contributed by atoms with Crippen LogP contribution in [0.25, 0.3) is 0 Å². The smallest absolute Gasteiger partial charge is 0.338 e. The first-order chi connectivity index (χ1) is 17.3. The Morgan fingerprint density at radius 3 is 2.25 bits per heavy atom. The molecule has 0 unspecified atom stereocenters. The minimum atomic E-state index is -0.750. The highest BCUT2D eigenvalue weighted by molar-refractivity contribution is 6.53. The predicted molar refractivity (Wildman–Crippen MR) is 132 cm³/mol. The molecule has 0 atom stereocenters. The monoisotopic (exact) mass is 507 g/mol. The highest BCUT2D eigenvalue weighted by atomic mass is 35.5. The summed E-state index contributed by atoms with van der Waals surface area (Å²) >= 11 is 6.18. The Bertz CT molecular complexity index is 1390. The zero-order valence-electron chi connectivity index (χ0n) is 18.9. The first-order valence-electron chi connectivity index (χ1n) is 10.8. The molecule has 2 N–H and O–H groups in total. The molecule has 36 heavy (non-hydrogen) atoms. The van der Waals surface area contributed by atoms with Gasteiger partial charge in [-0.05, 0) is 73.7 Å². The van der Waals surface area contributed by atoms with Gasteiger partial charge in [0.2, 0.25) is 0 Å². The molecular weight excluding hydrogens is 489 g/mol. The summed E-state index contributed by atoms with van der Waals surface area (Å²) in [7, 11) is 0. The Morgan fingerprint density at radius 1 is 0.917 bits per heavy atom. The van der Waals surface area contributed by atoms with E-state index in [1.54, 1.807) is 19.1 Å². The van der Waals surface area contributed by atoms with Crippen LogP contribution in [-0.4, -0.2) is 30.3 Å². The number of imide groups is 1. The van der Waals surface area contributed by atoms with Crippen molar-refractivity contribution in [2.24, 2.45) is 0 Å². The topological polar surface area (TPSA) is 105 Å². The Labute approximate surface area is 210 Å². The zero-order valence-corrected chi connectivity index (χ0v) is 19.6. The molecule has 0 radical (unpaired) electrons. The van der Waals surface area contributed by atoms with Crippen LogP contribution >= 0.6 is 11.6 Å². The second kappa shape index (κ2) is 10.4. The first-order valence-corrected chi connectivity index (χ1v) is 11.2. The van der Waals surface area contributed by atoms with Crippen molar-refractivity contribution < 1.29 is 28.3 Å². The van der Waals surface area contributed by atoms with Gasteiger partial charge in [0.1, 0.15) is 16.5 Å². The Morgan fingerprint density at radius 2 is 1.58 bits per heavy atom. The Kier molecular flexibility index (Phi) is 7.12. The number of carbonyl (C=O) groups excluding carboxylic acids is 4. The molecule has 0 aromatic heterocycles. The molecule has 0 spiro atoms. The molecule has 0 saturated carbocycles. The molecule has 3 aromatic carbocycles. The van der Waals surface area contributed by atoms with Crippen LogP contribution in [0.5, 0.6) is 0 Å². The number of hydrogen-bond acceptors (Lipinski definition) is 6. The molecule has 1 aliphatic rings. The summed E-state index contributed by atoms with van der Waals surface area (Å²) in [6, 6.07) is 17.4. The van der Waals surface area contributed by atoms with Crippen molar-refractivity contribution >= 4 is 52.4 Å². The van der Waals surface area contributed by atoms with Gasteiger partial charge in [-0.1, -0.05) is 17.7 Å². The van der Waals surface area contributed by atoms with Gasteiger partial charge in [0.15, 0.2) is 0 Å². The number of anilines is 3. The van der Waals surface area contributed by atoms with Crippen molar-refractivity contribution in [3.63, 3.8) is 0 Å².